The summed E-state index contributed by atoms with van der Waals surface area (Å²) in [5, 5.41) is 12.5. The van der Waals surface area contributed by atoms with Gasteiger partial charge in [0.05, 0.1) is 13.7 Å². The van der Waals surface area contributed by atoms with Crippen LogP contribution >= 0.6 is 0 Å². The van der Waals surface area contributed by atoms with Gasteiger partial charge in [-0.15, -0.1) is 0 Å². The molecule has 102 valence electrons. The van der Waals surface area contributed by atoms with Crippen LogP contribution in [0.15, 0.2) is 18.2 Å². The van der Waals surface area contributed by atoms with Crippen LogP contribution in [0.4, 0.5) is 5.69 Å². The Morgan fingerprint density at radius 1 is 1.28 bits per heavy atom. The lowest BCUT2D eigenvalue weighted by atomic mass is 9.95. The maximum atomic E-state index is 9.21. The molecule has 0 aliphatic heterocycles. The molecule has 1 aromatic carbocycles. The van der Waals surface area contributed by atoms with Crippen LogP contribution in [0.2, 0.25) is 0 Å². The Morgan fingerprint density at radius 2 is 2.00 bits per heavy atom. The van der Waals surface area contributed by atoms with Gasteiger partial charge < -0.3 is 19.9 Å². The largest absolute Gasteiger partial charge is 0.493 e. The van der Waals surface area contributed by atoms with Gasteiger partial charge in [0.1, 0.15) is 0 Å². The Bertz CT molecular complexity index is 377. The SMILES string of the molecule is CCOc1cc(NCC(C)(C)CO)ccc1OC. The van der Waals surface area contributed by atoms with Gasteiger partial charge in [-0.05, 0) is 19.1 Å². The van der Waals surface area contributed by atoms with Crippen LogP contribution in [0.1, 0.15) is 20.8 Å². The number of hydrogen-bond acceptors (Lipinski definition) is 4. The minimum atomic E-state index is -0.147. The molecule has 0 fully saturated rings. The van der Waals surface area contributed by atoms with E-state index in [2.05, 4.69) is 5.32 Å². The van der Waals surface area contributed by atoms with Crippen molar-refractivity contribution >= 4 is 5.69 Å². The quantitative estimate of drug-likeness (QED) is 0.784. The van der Waals surface area contributed by atoms with Crippen LogP contribution in [0, 0.1) is 5.41 Å². The summed E-state index contributed by atoms with van der Waals surface area (Å²) in [5.74, 6) is 1.45. The van der Waals surface area contributed by atoms with Crippen molar-refractivity contribution in [1.29, 1.82) is 0 Å². The van der Waals surface area contributed by atoms with Gasteiger partial charge in [0, 0.05) is 30.3 Å². The first-order valence-corrected chi connectivity index (χ1v) is 6.18. The molecule has 0 aliphatic carbocycles. The Balaban J connectivity index is 2.75. The van der Waals surface area contributed by atoms with Gasteiger partial charge in [-0.25, -0.2) is 0 Å². The molecule has 0 bridgehead atoms. The number of methoxy groups -OCH3 is 1. The van der Waals surface area contributed by atoms with Crippen LogP contribution < -0.4 is 14.8 Å². The highest BCUT2D eigenvalue weighted by Gasteiger charge is 2.16. The molecule has 4 nitrogen and oxygen atoms in total. The molecule has 2 N–H and O–H groups in total. The molecule has 0 heterocycles. The second kappa shape index (κ2) is 6.50. The van der Waals surface area contributed by atoms with Crippen molar-refractivity contribution in [3.63, 3.8) is 0 Å². The first-order valence-electron chi connectivity index (χ1n) is 6.18. The third-order valence-electron chi connectivity index (χ3n) is 2.66. The Kier molecular flexibility index (Phi) is 5.28. The van der Waals surface area contributed by atoms with Gasteiger partial charge >= 0.3 is 0 Å². The zero-order valence-electron chi connectivity index (χ0n) is 11.6. The fourth-order valence-electron chi connectivity index (χ4n) is 1.45. The molecule has 0 saturated heterocycles. The number of anilines is 1. The van der Waals surface area contributed by atoms with E-state index in [4.69, 9.17) is 9.47 Å². The second-order valence-electron chi connectivity index (χ2n) is 4.97. The van der Waals surface area contributed by atoms with Crippen LogP contribution in [-0.4, -0.2) is 32.0 Å². The summed E-state index contributed by atoms with van der Waals surface area (Å²) >= 11 is 0. The zero-order valence-corrected chi connectivity index (χ0v) is 11.6. The smallest absolute Gasteiger partial charge is 0.163 e. The molecule has 1 rings (SSSR count). The molecule has 1 aromatic rings. The van der Waals surface area contributed by atoms with Crippen LogP contribution in [0.25, 0.3) is 0 Å². The lowest BCUT2D eigenvalue weighted by Gasteiger charge is -2.23. The third-order valence-corrected chi connectivity index (χ3v) is 2.66. The van der Waals surface area contributed by atoms with E-state index >= 15 is 0 Å². The van der Waals surface area contributed by atoms with E-state index in [1.165, 1.54) is 0 Å². The average Bonchev–Trinajstić information content (AvgIpc) is 2.37. The maximum absolute atomic E-state index is 9.21. The van der Waals surface area contributed by atoms with Gasteiger partial charge in [0.15, 0.2) is 11.5 Å². The first kappa shape index (κ1) is 14.6. The molecule has 0 atom stereocenters. The second-order valence-corrected chi connectivity index (χ2v) is 4.97. The highest BCUT2D eigenvalue weighted by molar-refractivity contribution is 5.54. The lowest BCUT2D eigenvalue weighted by molar-refractivity contribution is 0.171. The molecular weight excluding hydrogens is 230 g/mol. The van der Waals surface area contributed by atoms with Crippen molar-refractivity contribution < 1.29 is 14.6 Å². The molecule has 0 aromatic heterocycles. The van der Waals surface area contributed by atoms with Gasteiger partial charge in [0.25, 0.3) is 0 Å². The van der Waals surface area contributed by atoms with Crippen molar-refractivity contribution in [2.45, 2.75) is 20.8 Å². The summed E-state index contributed by atoms with van der Waals surface area (Å²) in [5.41, 5.74) is 0.812. The predicted molar refractivity (Wildman–Crippen MR) is 73.5 cm³/mol. The summed E-state index contributed by atoms with van der Waals surface area (Å²) in [7, 11) is 1.62. The number of aliphatic hydroxyl groups excluding tert-OH is 1. The number of aliphatic hydroxyl groups is 1. The lowest BCUT2D eigenvalue weighted by Crippen LogP contribution is -2.26. The Morgan fingerprint density at radius 3 is 2.56 bits per heavy atom. The van der Waals surface area contributed by atoms with Gasteiger partial charge in [-0.3, -0.25) is 0 Å². The standard InChI is InChI=1S/C14H23NO3/c1-5-18-13-8-11(6-7-12(13)17-4)15-9-14(2,3)10-16/h6-8,15-16H,5,9-10H2,1-4H3. The van der Waals surface area contributed by atoms with E-state index in [-0.39, 0.29) is 12.0 Å². The number of rotatable bonds is 7. The molecule has 0 spiro atoms. The molecule has 0 amide bonds. The average molecular weight is 253 g/mol. The summed E-state index contributed by atoms with van der Waals surface area (Å²) in [6.07, 6.45) is 0. The molecule has 18 heavy (non-hydrogen) atoms. The summed E-state index contributed by atoms with van der Waals surface area (Å²) in [4.78, 5) is 0. The fourth-order valence-corrected chi connectivity index (χ4v) is 1.45. The van der Waals surface area contributed by atoms with Gasteiger partial charge in [-0.1, -0.05) is 13.8 Å². The number of nitrogens with one attached hydrogen (secondary N) is 1. The van der Waals surface area contributed by atoms with Crippen molar-refractivity contribution in [3.8, 4) is 11.5 Å². The molecule has 0 unspecified atom stereocenters. The minimum absolute atomic E-state index is 0.147. The van der Waals surface area contributed by atoms with E-state index in [9.17, 15) is 5.11 Å². The summed E-state index contributed by atoms with van der Waals surface area (Å²) in [6.45, 7) is 7.40. The molecule has 0 aliphatic rings. The summed E-state index contributed by atoms with van der Waals surface area (Å²) < 4.78 is 10.7. The van der Waals surface area contributed by atoms with Gasteiger partial charge in [0.2, 0.25) is 0 Å². The fraction of sp³-hybridized carbons (Fsp3) is 0.571. The Hall–Kier alpha value is -1.42. The molecular formula is C14H23NO3. The van der Waals surface area contributed by atoms with Crippen molar-refractivity contribution in [1.82, 2.24) is 0 Å². The number of hydrogen-bond donors (Lipinski definition) is 2. The van der Waals surface area contributed by atoms with Crippen molar-refractivity contribution in [3.05, 3.63) is 18.2 Å². The highest BCUT2D eigenvalue weighted by atomic mass is 16.5. The van der Waals surface area contributed by atoms with E-state index in [1.807, 2.05) is 39.0 Å². The highest BCUT2D eigenvalue weighted by Crippen LogP contribution is 2.30. The van der Waals surface area contributed by atoms with Gasteiger partial charge in [-0.2, -0.15) is 0 Å². The van der Waals surface area contributed by atoms with E-state index in [0.717, 1.165) is 17.2 Å². The molecule has 4 heteroatoms. The first-order chi connectivity index (χ1) is 8.52. The topological polar surface area (TPSA) is 50.7 Å². The predicted octanol–water partition coefficient (Wildman–Crippen LogP) is 2.52. The minimum Gasteiger partial charge on any atom is -0.493 e. The van der Waals surface area contributed by atoms with E-state index < -0.39 is 0 Å². The number of benzene rings is 1. The van der Waals surface area contributed by atoms with Crippen LogP contribution in [0.3, 0.4) is 0 Å². The third kappa shape index (κ3) is 4.11. The van der Waals surface area contributed by atoms with Crippen molar-refractivity contribution in [2.75, 3.05) is 32.2 Å². The monoisotopic (exact) mass is 253 g/mol. The Labute approximate surface area is 109 Å². The van der Waals surface area contributed by atoms with E-state index in [0.29, 0.717) is 13.2 Å². The maximum Gasteiger partial charge on any atom is 0.163 e. The molecule has 0 radical (unpaired) electrons. The molecule has 0 saturated carbocycles. The van der Waals surface area contributed by atoms with Crippen LogP contribution in [-0.2, 0) is 0 Å². The normalized spacial score (nSPS) is 11.2. The van der Waals surface area contributed by atoms with E-state index in [1.54, 1.807) is 7.11 Å². The number of ether oxygens (including phenoxy) is 2. The van der Waals surface area contributed by atoms with Crippen LogP contribution in [0.5, 0.6) is 11.5 Å². The van der Waals surface area contributed by atoms with Crippen molar-refractivity contribution in [2.24, 2.45) is 5.41 Å². The summed E-state index contributed by atoms with van der Waals surface area (Å²) in [6, 6.07) is 5.73. The zero-order chi connectivity index (χ0) is 13.6.